The number of hydrogen-bond acceptors (Lipinski definition) is 24. The molecule has 0 aliphatic carbocycles. The number of carbonyl (C=O) groups is 18. The standard InChI is InChI=1S/C100H150N20O24/c121-81(107-49-25-21-37-73(93(135)136)115-97(143)117-75(95(139)140)45-47-87(127)128)39-19-3-1-5-23-51-109-89(131)77(59-69-29-11-7-12-30-69)113-91(133)79(61-71-33-15-9-16-34-71)111-83(123)41-27-43-85(125)119-99-63-101-53-56-104-66-100(67-105-57-54-102-64-99,68-106-58-55-103-65-99)120-86(126)44-28-42-84(124)112-80(62-72-35-17-10-18-36-72)92(134)114-78(60-70-31-13-8-14-32-70)90(132)110-52-24-6-2-4-20-40-82(122)108-50-26-22-38-74(94(137)138)116-98(144)118-76(96(141)142)46-48-88(129)130/h7-18,29-36,73-80,101-106H,1-6,19-28,37-68H2,(H,107,121)(H,108,122)(H,109,131)(H,110,132)(H,111,123)(H,112,124)(H,113,133)(H,114,134)(H,119,125)(H,120,126)(H,127,128)(H,129,130)(H,135,136)(H,137,138)(H,139,140)(H,141,142)(H2,115,117,143)(H2,116,118,144)/t73-,74-,75-,76-,77+,78?,79+,80+,99?,100?/m0/s1. The Labute approximate surface area is 839 Å². The lowest BCUT2D eigenvalue weighted by atomic mass is 9.96. The fraction of sp³-hybridized carbons (Fsp3) is 0.580. The highest BCUT2D eigenvalue weighted by Gasteiger charge is 2.37. The van der Waals surface area contributed by atoms with Gasteiger partial charge in [0.2, 0.25) is 59.1 Å². The van der Waals surface area contributed by atoms with Crippen LogP contribution < -0.4 is 106 Å². The first-order valence-electron chi connectivity index (χ1n) is 50.1. The van der Waals surface area contributed by atoms with Crippen LogP contribution in [0.2, 0.25) is 0 Å². The fourth-order valence-corrected chi connectivity index (χ4v) is 16.4. The van der Waals surface area contributed by atoms with Gasteiger partial charge in [0, 0.05) is 182 Å². The van der Waals surface area contributed by atoms with Crippen molar-refractivity contribution in [1.82, 2.24) is 106 Å². The molecule has 3 aliphatic heterocycles. The summed E-state index contributed by atoms with van der Waals surface area (Å²) in [7, 11) is 0. The Morgan fingerprint density at radius 3 is 0.764 bits per heavy atom. The quantitative estimate of drug-likeness (QED) is 0.0276. The summed E-state index contributed by atoms with van der Waals surface area (Å²) in [5.41, 5.74) is 1.42. The molecule has 0 aromatic heterocycles. The van der Waals surface area contributed by atoms with Crippen LogP contribution in [0.5, 0.6) is 0 Å². The van der Waals surface area contributed by atoms with E-state index in [1.165, 1.54) is 0 Å². The third-order valence-electron chi connectivity index (χ3n) is 24.3. The van der Waals surface area contributed by atoms with E-state index in [1.54, 1.807) is 0 Å². The normalized spacial score (nSPS) is 16.6. The molecule has 794 valence electrons. The van der Waals surface area contributed by atoms with E-state index in [-0.39, 0.29) is 127 Å². The van der Waals surface area contributed by atoms with Gasteiger partial charge in [-0.3, -0.25) is 57.5 Å². The summed E-state index contributed by atoms with van der Waals surface area (Å²) in [5, 5.41) is 115. The number of rotatable bonds is 66. The van der Waals surface area contributed by atoms with E-state index < -0.39 is 168 Å². The lowest BCUT2D eigenvalue weighted by Crippen LogP contribution is -2.68. The van der Waals surface area contributed by atoms with Crippen molar-refractivity contribution in [1.29, 1.82) is 0 Å². The number of urea groups is 2. The second-order valence-electron chi connectivity index (χ2n) is 36.5. The number of aliphatic carboxylic acids is 6. The lowest BCUT2D eigenvalue weighted by molar-refractivity contribution is -0.142. The molecule has 44 nitrogen and oxygen atoms in total. The third-order valence-corrected chi connectivity index (χ3v) is 24.3. The molecule has 4 aromatic rings. The summed E-state index contributed by atoms with van der Waals surface area (Å²) in [6, 6.07) is 24.5. The molecule has 14 amide bonds. The Hall–Kier alpha value is -13.3. The van der Waals surface area contributed by atoms with E-state index in [0.717, 1.165) is 60.8 Å². The van der Waals surface area contributed by atoms with E-state index in [9.17, 15) is 107 Å². The molecule has 2 bridgehead atoms. The lowest BCUT2D eigenvalue weighted by Gasteiger charge is -2.39. The van der Waals surface area contributed by atoms with Crippen LogP contribution in [0, 0.1) is 0 Å². The maximum Gasteiger partial charge on any atom is 0.326 e. The molecule has 3 saturated heterocycles. The predicted octanol–water partition coefficient (Wildman–Crippen LogP) is 1.14. The van der Waals surface area contributed by atoms with Crippen molar-refractivity contribution in [3.63, 3.8) is 0 Å². The topological polar surface area (TPSA) is 669 Å². The van der Waals surface area contributed by atoms with Gasteiger partial charge in [0.15, 0.2) is 0 Å². The molecular weight excluding hydrogens is 1870 g/mol. The Morgan fingerprint density at radius 2 is 0.479 bits per heavy atom. The van der Waals surface area contributed by atoms with Gasteiger partial charge >= 0.3 is 47.9 Å². The number of carbonyl (C=O) groups excluding carboxylic acids is 12. The van der Waals surface area contributed by atoms with E-state index in [2.05, 4.69) is 106 Å². The zero-order chi connectivity index (χ0) is 105. The summed E-state index contributed by atoms with van der Waals surface area (Å²) < 4.78 is 0. The van der Waals surface area contributed by atoms with Gasteiger partial charge in [0.1, 0.15) is 48.3 Å². The summed E-state index contributed by atoms with van der Waals surface area (Å²) in [6.45, 7) is 6.09. The van der Waals surface area contributed by atoms with Crippen LogP contribution in [-0.2, 0) is 102 Å². The number of carboxylic acids is 6. The average Bonchev–Trinajstić information content (AvgIpc) is 0.839. The van der Waals surface area contributed by atoms with Crippen LogP contribution in [0.15, 0.2) is 121 Å². The van der Waals surface area contributed by atoms with Crippen molar-refractivity contribution < 1.29 is 117 Å². The van der Waals surface area contributed by atoms with Crippen molar-refractivity contribution in [2.75, 3.05) is 105 Å². The Bertz CT molecular complexity index is 4340. The summed E-state index contributed by atoms with van der Waals surface area (Å²) in [4.78, 5) is 231. The molecule has 44 heteroatoms. The second-order valence-corrected chi connectivity index (χ2v) is 36.5. The number of benzene rings is 4. The van der Waals surface area contributed by atoms with Crippen LogP contribution >= 0.6 is 0 Å². The third kappa shape index (κ3) is 51.6. The van der Waals surface area contributed by atoms with Gasteiger partial charge in [0.25, 0.3) is 0 Å². The van der Waals surface area contributed by atoms with Crippen molar-refractivity contribution in [3.8, 4) is 0 Å². The smallest absolute Gasteiger partial charge is 0.326 e. The van der Waals surface area contributed by atoms with Crippen molar-refractivity contribution >= 4 is 107 Å². The van der Waals surface area contributed by atoms with Gasteiger partial charge in [0.05, 0.1) is 11.1 Å². The maximum atomic E-state index is 14.5. The molecule has 144 heavy (non-hydrogen) atoms. The van der Waals surface area contributed by atoms with Crippen molar-refractivity contribution in [2.45, 2.75) is 265 Å². The first-order chi connectivity index (χ1) is 69.3. The van der Waals surface area contributed by atoms with Crippen LogP contribution in [0.25, 0.3) is 0 Å². The molecule has 3 aliphatic rings. The molecule has 3 heterocycles. The molecule has 4 aromatic carbocycles. The highest BCUT2D eigenvalue weighted by atomic mass is 16.4. The minimum Gasteiger partial charge on any atom is -0.481 e. The van der Waals surface area contributed by atoms with Crippen molar-refractivity contribution in [2.24, 2.45) is 0 Å². The second kappa shape index (κ2) is 68.8. The minimum absolute atomic E-state index is 0.0135. The van der Waals surface area contributed by atoms with Gasteiger partial charge in [-0.2, -0.15) is 0 Å². The SMILES string of the molecule is O=C(O)CC[C@H](NC(=O)N[C@@H](CCCCNC(=O)CCCCCCCNC(=O)C(Cc1ccccc1)NC(=O)[C@@H](Cc1ccccc1)NC(=O)CCCC(=O)NC12CNCCNCC(NC(=O)CCCC(=O)N[C@H](Cc3ccccc3)C(=O)N[C@H](Cc3ccccc3)C(=O)NCCCCCCCC(=O)NCCCC[C@H](NC(=O)N[C@@H](CCC(=O)O)C(=O)O)C(=O)O)(CNCCNC1)CNCCNC2)C(=O)O)C(=O)O. The molecular formula is C100H150N20O24. The molecule has 26 N–H and O–H groups in total. The van der Waals surface area contributed by atoms with E-state index in [0.29, 0.717) is 143 Å². The summed E-state index contributed by atoms with van der Waals surface area (Å²) >= 11 is 0. The van der Waals surface area contributed by atoms with E-state index in [4.69, 9.17) is 10.2 Å². The van der Waals surface area contributed by atoms with Crippen LogP contribution in [0.1, 0.15) is 202 Å². The summed E-state index contributed by atoms with van der Waals surface area (Å²) in [5.74, 6) is -12.1. The molecule has 1 unspecified atom stereocenters. The maximum absolute atomic E-state index is 14.5. The molecule has 0 saturated carbocycles. The number of unbranched alkanes of at least 4 members (excludes halogenated alkanes) is 10. The Morgan fingerprint density at radius 1 is 0.236 bits per heavy atom. The van der Waals surface area contributed by atoms with Crippen LogP contribution in [-0.4, -0.2) is 302 Å². The highest BCUT2D eigenvalue weighted by molar-refractivity contribution is 5.94. The Kier molecular flexibility index (Phi) is 57.1. The number of fused-ring (bicyclic) bond motifs is 15. The molecule has 7 rings (SSSR count). The van der Waals surface area contributed by atoms with Gasteiger partial charge in [-0.25, -0.2) is 28.8 Å². The van der Waals surface area contributed by atoms with E-state index >= 15 is 0 Å². The Balaban J connectivity index is 0.915. The first-order valence-corrected chi connectivity index (χ1v) is 50.1. The zero-order valence-electron chi connectivity index (χ0n) is 82.1. The minimum atomic E-state index is -1.53. The number of amides is 14. The fourth-order valence-electron chi connectivity index (χ4n) is 16.4. The first kappa shape index (κ1) is 119. The average molecular weight is 2020 g/mol. The highest BCUT2D eigenvalue weighted by Crippen LogP contribution is 2.17. The van der Waals surface area contributed by atoms with E-state index in [1.807, 2.05) is 121 Å². The molecule has 8 atom stereocenters. The van der Waals surface area contributed by atoms with Crippen LogP contribution in [0.3, 0.4) is 0 Å². The van der Waals surface area contributed by atoms with Gasteiger partial charge in [-0.05, 0) is 112 Å². The number of nitrogens with one attached hydrogen (secondary N) is 20. The predicted molar refractivity (Wildman–Crippen MR) is 533 cm³/mol. The molecule has 0 spiro atoms. The van der Waals surface area contributed by atoms with Crippen molar-refractivity contribution in [3.05, 3.63) is 144 Å². The number of hydrogen-bond donors (Lipinski definition) is 26. The van der Waals surface area contributed by atoms with Crippen LogP contribution in [0.4, 0.5) is 9.59 Å². The molecule has 0 radical (unpaired) electrons. The van der Waals surface area contributed by atoms with Gasteiger partial charge in [-0.1, -0.05) is 160 Å². The van der Waals surface area contributed by atoms with Gasteiger partial charge in [-0.15, -0.1) is 0 Å². The number of carboxylic acid groups (broad SMARTS) is 6. The summed E-state index contributed by atoms with van der Waals surface area (Å²) in [6.07, 6.45) is 7.49. The van der Waals surface area contributed by atoms with Gasteiger partial charge < -0.3 is 137 Å². The largest absolute Gasteiger partial charge is 0.481 e. The monoisotopic (exact) mass is 2020 g/mol. The zero-order valence-corrected chi connectivity index (χ0v) is 82.1. The molecule has 3 fully saturated rings.